The fraction of sp³-hybridized carbons (Fsp3) is 0.963. The molecule has 2 nitrogen and oxygen atoms in total. The number of unbranched alkanes of at least 4 members (excludes halogenated alkanes) is 6. The Balaban J connectivity index is 1.38. The first-order valence-corrected chi connectivity index (χ1v) is 13.4. The highest BCUT2D eigenvalue weighted by atomic mass is 16.5. The minimum Gasteiger partial charge on any atom is -0.462 e. The van der Waals surface area contributed by atoms with Gasteiger partial charge in [-0.1, -0.05) is 71.6 Å². The number of fused-ring (bicyclic) bond motifs is 3. The molecule has 3 saturated carbocycles. The molecule has 0 N–H and O–H groups in total. The third kappa shape index (κ3) is 7.00. The number of carbonyl (C=O) groups is 1. The van der Waals surface area contributed by atoms with Crippen molar-refractivity contribution in [1.29, 1.82) is 0 Å². The highest BCUT2D eigenvalue weighted by molar-refractivity contribution is 5.69. The molecule has 0 amide bonds. The van der Waals surface area contributed by atoms with Gasteiger partial charge in [-0.2, -0.15) is 0 Å². The van der Waals surface area contributed by atoms with Crippen molar-refractivity contribution in [2.24, 2.45) is 29.6 Å². The normalized spacial score (nSPS) is 34.3. The van der Waals surface area contributed by atoms with Crippen LogP contribution in [0, 0.1) is 29.6 Å². The minimum atomic E-state index is 0.0711. The standard InChI is InChI=1S/C27H48O2/c1-3-5-7-9-11-21-13-17-25-22(19-21)14-15-23-20-24(16-18-26(23)25)29-27(28)12-10-8-6-4-2/h21-26H,3-20H2,1-2H3/t21-,22?,23?,24-,25?,26?/m1/s1. The Morgan fingerprint density at radius 2 is 1.38 bits per heavy atom. The lowest BCUT2D eigenvalue weighted by Gasteiger charge is -2.50. The van der Waals surface area contributed by atoms with Crippen LogP contribution in [0.25, 0.3) is 0 Å². The van der Waals surface area contributed by atoms with E-state index in [2.05, 4.69) is 13.8 Å². The van der Waals surface area contributed by atoms with Gasteiger partial charge in [-0.25, -0.2) is 0 Å². The van der Waals surface area contributed by atoms with Crippen molar-refractivity contribution in [3.05, 3.63) is 0 Å². The largest absolute Gasteiger partial charge is 0.462 e. The number of rotatable bonds is 11. The van der Waals surface area contributed by atoms with E-state index in [1.807, 2.05) is 0 Å². The van der Waals surface area contributed by atoms with Crippen LogP contribution >= 0.6 is 0 Å². The summed E-state index contributed by atoms with van der Waals surface area (Å²) in [6.07, 6.45) is 23.7. The summed E-state index contributed by atoms with van der Waals surface area (Å²) in [5.41, 5.74) is 0. The number of ether oxygens (including phenoxy) is 1. The first-order valence-electron chi connectivity index (χ1n) is 13.4. The van der Waals surface area contributed by atoms with Gasteiger partial charge in [0.05, 0.1) is 0 Å². The van der Waals surface area contributed by atoms with E-state index in [4.69, 9.17) is 4.74 Å². The molecule has 0 spiro atoms. The van der Waals surface area contributed by atoms with E-state index >= 15 is 0 Å². The molecule has 3 fully saturated rings. The van der Waals surface area contributed by atoms with Gasteiger partial charge in [0, 0.05) is 6.42 Å². The molecule has 0 heterocycles. The number of hydrogen-bond acceptors (Lipinski definition) is 2. The van der Waals surface area contributed by atoms with Crippen LogP contribution in [-0.2, 0) is 9.53 Å². The second-order valence-corrected chi connectivity index (χ2v) is 10.7. The lowest BCUT2D eigenvalue weighted by atomic mass is 9.56. The summed E-state index contributed by atoms with van der Waals surface area (Å²) >= 11 is 0. The molecule has 0 aliphatic heterocycles. The van der Waals surface area contributed by atoms with Crippen LogP contribution in [0.2, 0.25) is 0 Å². The summed E-state index contributed by atoms with van der Waals surface area (Å²) in [6, 6.07) is 0. The third-order valence-electron chi connectivity index (χ3n) is 8.60. The van der Waals surface area contributed by atoms with Crippen molar-refractivity contribution in [3.63, 3.8) is 0 Å². The second-order valence-electron chi connectivity index (χ2n) is 10.7. The van der Waals surface area contributed by atoms with Gasteiger partial charge in [-0.05, 0) is 81.0 Å². The number of hydrogen-bond donors (Lipinski definition) is 0. The van der Waals surface area contributed by atoms with Crippen LogP contribution in [0.1, 0.15) is 129 Å². The number of esters is 1. The molecule has 0 radical (unpaired) electrons. The van der Waals surface area contributed by atoms with Gasteiger partial charge >= 0.3 is 5.97 Å². The smallest absolute Gasteiger partial charge is 0.306 e. The Hall–Kier alpha value is -0.530. The fourth-order valence-electron chi connectivity index (χ4n) is 7.02. The van der Waals surface area contributed by atoms with Crippen molar-refractivity contribution in [2.75, 3.05) is 0 Å². The van der Waals surface area contributed by atoms with E-state index in [1.54, 1.807) is 0 Å². The number of carbonyl (C=O) groups excluding carboxylic acids is 1. The summed E-state index contributed by atoms with van der Waals surface area (Å²) in [5.74, 6) is 4.87. The van der Waals surface area contributed by atoms with Gasteiger partial charge in [0.15, 0.2) is 0 Å². The molecule has 0 aromatic carbocycles. The van der Waals surface area contributed by atoms with Gasteiger partial charge in [0.1, 0.15) is 6.10 Å². The average molecular weight is 405 g/mol. The van der Waals surface area contributed by atoms with Gasteiger partial charge in [-0.15, -0.1) is 0 Å². The topological polar surface area (TPSA) is 26.3 Å². The molecule has 3 aliphatic carbocycles. The summed E-state index contributed by atoms with van der Waals surface area (Å²) in [4.78, 5) is 12.2. The maximum atomic E-state index is 12.2. The van der Waals surface area contributed by atoms with E-state index in [9.17, 15) is 4.79 Å². The van der Waals surface area contributed by atoms with Gasteiger partial charge in [0.25, 0.3) is 0 Å². The molecule has 6 atom stereocenters. The Morgan fingerprint density at radius 1 is 0.724 bits per heavy atom. The zero-order valence-corrected chi connectivity index (χ0v) is 19.5. The minimum absolute atomic E-state index is 0.0711. The predicted octanol–water partition coefficient (Wildman–Crippen LogP) is 8.08. The first kappa shape index (κ1) is 23.1. The van der Waals surface area contributed by atoms with Gasteiger partial charge < -0.3 is 4.74 Å². The van der Waals surface area contributed by atoms with Crippen LogP contribution in [0.15, 0.2) is 0 Å². The third-order valence-corrected chi connectivity index (χ3v) is 8.60. The monoisotopic (exact) mass is 404 g/mol. The SMILES string of the molecule is CCCCCCC(=O)O[C@@H]1CCC2C(CCC3C[C@H](CCCCCC)CCC32)C1. The first-order chi connectivity index (χ1) is 14.2. The van der Waals surface area contributed by atoms with Crippen molar-refractivity contribution in [3.8, 4) is 0 Å². The highest BCUT2D eigenvalue weighted by Gasteiger charge is 2.44. The highest BCUT2D eigenvalue weighted by Crippen LogP contribution is 2.53. The molecule has 29 heavy (non-hydrogen) atoms. The zero-order chi connectivity index (χ0) is 20.5. The molecule has 3 rings (SSSR count). The van der Waals surface area contributed by atoms with Crippen molar-refractivity contribution < 1.29 is 9.53 Å². The zero-order valence-electron chi connectivity index (χ0n) is 19.5. The van der Waals surface area contributed by atoms with Crippen LogP contribution in [-0.4, -0.2) is 12.1 Å². The molecule has 3 aliphatic rings. The van der Waals surface area contributed by atoms with E-state index in [-0.39, 0.29) is 12.1 Å². The molecular formula is C27H48O2. The van der Waals surface area contributed by atoms with Crippen molar-refractivity contribution in [1.82, 2.24) is 0 Å². The van der Waals surface area contributed by atoms with E-state index in [0.29, 0.717) is 6.42 Å². The molecule has 4 unspecified atom stereocenters. The maximum absolute atomic E-state index is 12.2. The average Bonchev–Trinajstić information content (AvgIpc) is 2.74. The van der Waals surface area contributed by atoms with E-state index in [0.717, 1.165) is 48.9 Å². The molecule has 0 saturated heterocycles. The fourth-order valence-corrected chi connectivity index (χ4v) is 7.02. The summed E-state index contributed by atoms with van der Waals surface area (Å²) in [5, 5.41) is 0. The van der Waals surface area contributed by atoms with E-state index in [1.165, 1.54) is 89.9 Å². The summed E-state index contributed by atoms with van der Waals surface area (Å²) < 4.78 is 5.90. The summed E-state index contributed by atoms with van der Waals surface area (Å²) in [7, 11) is 0. The quantitative estimate of drug-likeness (QED) is 0.257. The molecule has 0 aromatic heterocycles. The van der Waals surface area contributed by atoms with Crippen LogP contribution < -0.4 is 0 Å². The van der Waals surface area contributed by atoms with Crippen molar-refractivity contribution >= 4 is 5.97 Å². The van der Waals surface area contributed by atoms with Crippen molar-refractivity contribution in [2.45, 2.75) is 136 Å². The van der Waals surface area contributed by atoms with Gasteiger partial charge in [-0.3, -0.25) is 4.79 Å². The Labute approximate surface area is 180 Å². The molecule has 0 aromatic rings. The Morgan fingerprint density at radius 3 is 2.10 bits per heavy atom. The molecule has 0 bridgehead atoms. The van der Waals surface area contributed by atoms with Crippen LogP contribution in [0.4, 0.5) is 0 Å². The van der Waals surface area contributed by atoms with Crippen LogP contribution in [0.5, 0.6) is 0 Å². The van der Waals surface area contributed by atoms with Gasteiger partial charge in [0.2, 0.25) is 0 Å². The van der Waals surface area contributed by atoms with Crippen LogP contribution in [0.3, 0.4) is 0 Å². The Kier molecular flexibility index (Phi) is 9.86. The maximum Gasteiger partial charge on any atom is 0.306 e. The Bertz CT molecular complexity index is 473. The van der Waals surface area contributed by atoms with E-state index < -0.39 is 0 Å². The second kappa shape index (κ2) is 12.4. The lowest BCUT2D eigenvalue weighted by molar-refractivity contribution is -0.153. The predicted molar refractivity (Wildman–Crippen MR) is 122 cm³/mol. The molecular weight excluding hydrogens is 356 g/mol. The lowest BCUT2D eigenvalue weighted by Crippen LogP contribution is -2.43. The summed E-state index contributed by atoms with van der Waals surface area (Å²) in [6.45, 7) is 4.53. The molecule has 2 heteroatoms. The molecule has 168 valence electrons.